The summed E-state index contributed by atoms with van der Waals surface area (Å²) < 4.78 is 5.87. The highest BCUT2D eigenvalue weighted by Gasteiger charge is 2.15. The van der Waals surface area contributed by atoms with Gasteiger partial charge in [-0.15, -0.1) is 0 Å². The molecule has 0 amide bonds. The summed E-state index contributed by atoms with van der Waals surface area (Å²) in [4.78, 5) is 0. The standard InChI is InChI=1S/C10H21NO/c1-3-5-9(2)12-10-6-4-7-11-8-10/h9-11H,3-8H2,1-2H3/t9?,10-/m0/s1. The smallest absolute Gasteiger partial charge is 0.0703 e. The summed E-state index contributed by atoms with van der Waals surface area (Å²) in [6.07, 6.45) is 5.84. The fourth-order valence-electron chi connectivity index (χ4n) is 1.74. The van der Waals surface area contributed by atoms with Gasteiger partial charge in [0.05, 0.1) is 12.2 Å². The summed E-state index contributed by atoms with van der Waals surface area (Å²) in [5.74, 6) is 0. The third-order valence-corrected chi connectivity index (χ3v) is 2.37. The predicted octanol–water partition coefficient (Wildman–Crippen LogP) is 1.94. The third kappa shape index (κ3) is 3.55. The number of piperidine rings is 1. The summed E-state index contributed by atoms with van der Waals surface area (Å²) in [5.41, 5.74) is 0. The Morgan fingerprint density at radius 2 is 2.42 bits per heavy atom. The van der Waals surface area contributed by atoms with E-state index in [0.717, 1.165) is 6.54 Å². The predicted molar refractivity (Wildman–Crippen MR) is 51.3 cm³/mol. The zero-order valence-corrected chi connectivity index (χ0v) is 8.31. The van der Waals surface area contributed by atoms with Gasteiger partial charge in [-0.05, 0) is 32.7 Å². The molecule has 1 unspecified atom stereocenters. The molecule has 0 aromatic rings. The molecular weight excluding hydrogens is 150 g/mol. The van der Waals surface area contributed by atoms with Crippen LogP contribution in [0.25, 0.3) is 0 Å². The van der Waals surface area contributed by atoms with Gasteiger partial charge in [-0.1, -0.05) is 13.3 Å². The van der Waals surface area contributed by atoms with Gasteiger partial charge in [0.2, 0.25) is 0 Å². The van der Waals surface area contributed by atoms with Crippen LogP contribution in [0.2, 0.25) is 0 Å². The number of hydrogen-bond acceptors (Lipinski definition) is 2. The molecule has 0 aliphatic carbocycles. The molecule has 1 saturated heterocycles. The molecule has 0 aromatic carbocycles. The van der Waals surface area contributed by atoms with Crippen molar-refractivity contribution in [2.45, 2.75) is 51.7 Å². The van der Waals surface area contributed by atoms with Crippen LogP contribution in [0.5, 0.6) is 0 Å². The first-order valence-electron chi connectivity index (χ1n) is 5.19. The quantitative estimate of drug-likeness (QED) is 0.698. The van der Waals surface area contributed by atoms with Gasteiger partial charge < -0.3 is 10.1 Å². The van der Waals surface area contributed by atoms with Crippen molar-refractivity contribution < 1.29 is 4.74 Å². The molecule has 0 radical (unpaired) electrons. The molecule has 2 heteroatoms. The first-order chi connectivity index (χ1) is 5.83. The lowest BCUT2D eigenvalue weighted by Crippen LogP contribution is -2.37. The van der Waals surface area contributed by atoms with Crippen LogP contribution < -0.4 is 5.32 Å². The summed E-state index contributed by atoms with van der Waals surface area (Å²) >= 11 is 0. The maximum Gasteiger partial charge on any atom is 0.0703 e. The van der Waals surface area contributed by atoms with E-state index >= 15 is 0 Å². The maximum absolute atomic E-state index is 5.87. The van der Waals surface area contributed by atoms with E-state index in [1.165, 1.54) is 32.2 Å². The average molecular weight is 171 g/mol. The first-order valence-corrected chi connectivity index (χ1v) is 5.19. The highest BCUT2D eigenvalue weighted by molar-refractivity contribution is 4.69. The van der Waals surface area contributed by atoms with Gasteiger partial charge >= 0.3 is 0 Å². The van der Waals surface area contributed by atoms with E-state index in [2.05, 4.69) is 19.2 Å². The Labute approximate surface area is 75.7 Å². The largest absolute Gasteiger partial charge is 0.374 e. The lowest BCUT2D eigenvalue weighted by Gasteiger charge is -2.26. The Morgan fingerprint density at radius 3 is 3.00 bits per heavy atom. The van der Waals surface area contributed by atoms with E-state index in [0.29, 0.717) is 12.2 Å². The normalized spacial score (nSPS) is 27.0. The van der Waals surface area contributed by atoms with Gasteiger partial charge in [0.15, 0.2) is 0 Å². The number of nitrogens with one attached hydrogen (secondary N) is 1. The fourth-order valence-corrected chi connectivity index (χ4v) is 1.74. The second kappa shape index (κ2) is 5.55. The average Bonchev–Trinajstić information content (AvgIpc) is 2.06. The molecule has 1 fully saturated rings. The minimum Gasteiger partial charge on any atom is -0.374 e. The van der Waals surface area contributed by atoms with Crippen LogP contribution in [-0.4, -0.2) is 25.3 Å². The second-order valence-corrected chi connectivity index (χ2v) is 3.70. The Morgan fingerprint density at radius 1 is 1.58 bits per heavy atom. The van der Waals surface area contributed by atoms with Crippen molar-refractivity contribution in [3.05, 3.63) is 0 Å². The molecule has 2 nitrogen and oxygen atoms in total. The Balaban J connectivity index is 2.11. The molecule has 0 saturated carbocycles. The van der Waals surface area contributed by atoms with Crippen LogP contribution >= 0.6 is 0 Å². The minimum absolute atomic E-state index is 0.444. The van der Waals surface area contributed by atoms with Crippen molar-refractivity contribution in [3.8, 4) is 0 Å². The fraction of sp³-hybridized carbons (Fsp3) is 1.00. The van der Waals surface area contributed by atoms with Gasteiger partial charge in [-0.2, -0.15) is 0 Å². The highest BCUT2D eigenvalue weighted by atomic mass is 16.5. The zero-order chi connectivity index (χ0) is 8.81. The van der Waals surface area contributed by atoms with Crippen LogP contribution in [0.15, 0.2) is 0 Å². The van der Waals surface area contributed by atoms with E-state index in [4.69, 9.17) is 4.74 Å². The van der Waals surface area contributed by atoms with Crippen LogP contribution in [0, 0.1) is 0 Å². The van der Waals surface area contributed by atoms with Crippen molar-refractivity contribution in [2.24, 2.45) is 0 Å². The van der Waals surface area contributed by atoms with Crippen molar-refractivity contribution in [1.29, 1.82) is 0 Å². The van der Waals surface area contributed by atoms with Crippen molar-refractivity contribution >= 4 is 0 Å². The number of rotatable bonds is 4. The van der Waals surface area contributed by atoms with Gasteiger partial charge in [0, 0.05) is 6.54 Å². The Kier molecular flexibility index (Phi) is 4.62. The van der Waals surface area contributed by atoms with E-state index in [9.17, 15) is 0 Å². The molecule has 1 heterocycles. The SMILES string of the molecule is CCCC(C)O[C@H]1CCCNC1. The lowest BCUT2D eigenvalue weighted by atomic mass is 10.1. The van der Waals surface area contributed by atoms with Crippen LogP contribution in [-0.2, 0) is 4.74 Å². The highest BCUT2D eigenvalue weighted by Crippen LogP contribution is 2.11. The molecule has 12 heavy (non-hydrogen) atoms. The zero-order valence-electron chi connectivity index (χ0n) is 8.31. The Bertz CT molecular complexity index is 110. The molecule has 1 rings (SSSR count). The van der Waals surface area contributed by atoms with Crippen molar-refractivity contribution in [1.82, 2.24) is 5.32 Å². The van der Waals surface area contributed by atoms with E-state index in [-0.39, 0.29) is 0 Å². The van der Waals surface area contributed by atoms with E-state index in [1.807, 2.05) is 0 Å². The second-order valence-electron chi connectivity index (χ2n) is 3.70. The van der Waals surface area contributed by atoms with Gasteiger partial charge in [0.25, 0.3) is 0 Å². The summed E-state index contributed by atoms with van der Waals surface area (Å²) in [5, 5.41) is 3.36. The Hall–Kier alpha value is -0.0800. The third-order valence-electron chi connectivity index (χ3n) is 2.37. The first kappa shape index (κ1) is 10.0. The van der Waals surface area contributed by atoms with Gasteiger partial charge in [0.1, 0.15) is 0 Å². The number of ether oxygens (including phenoxy) is 1. The summed E-state index contributed by atoms with van der Waals surface area (Å²) in [7, 11) is 0. The summed E-state index contributed by atoms with van der Waals surface area (Å²) in [6.45, 7) is 6.60. The molecular formula is C10H21NO. The molecule has 1 aliphatic rings. The van der Waals surface area contributed by atoms with E-state index in [1.54, 1.807) is 0 Å². The minimum atomic E-state index is 0.444. The molecule has 0 spiro atoms. The summed E-state index contributed by atoms with van der Waals surface area (Å²) in [6, 6.07) is 0. The van der Waals surface area contributed by atoms with Crippen molar-refractivity contribution in [2.75, 3.05) is 13.1 Å². The van der Waals surface area contributed by atoms with Crippen LogP contribution in [0.1, 0.15) is 39.5 Å². The number of hydrogen-bond donors (Lipinski definition) is 1. The molecule has 0 aromatic heterocycles. The topological polar surface area (TPSA) is 21.3 Å². The van der Waals surface area contributed by atoms with Crippen LogP contribution in [0.4, 0.5) is 0 Å². The van der Waals surface area contributed by atoms with Crippen molar-refractivity contribution in [3.63, 3.8) is 0 Å². The lowest BCUT2D eigenvalue weighted by molar-refractivity contribution is -0.0173. The van der Waals surface area contributed by atoms with Gasteiger partial charge in [-0.3, -0.25) is 0 Å². The van der Waals surface area contributed by atoms with E-state index < -0.39 is 0 Å². The van der Waals surface area contributed by atoms with Crippen LogP contribution in [0.3, 0.4) is 0 Å². The molecule has 72 valence electrons. The van der Waals surface area contributed by atoms with Gasteiger partial charge in [-0.25, -0.2) is 0 Å². The molecule has 1 aliphatic heterocycles. The monoisotopic (exact) mass is 171 g/mol. The molecule has 0 bridgehead atoms. The maximum atomic E-state index is 5.87. The molecule has 2 atom stereocenters. The molecule has 1 N–H and O–H groups in total.